The molecule has 2 aromatic rings. The zero-order valence-electron chi connectivity index (χ0n) is 13.0. The van der Waals surface area contributed by atoms with Gasteiger partial charge in [0.2, 0.25) is 0 Å². The maximum absolute atomic E-state index is 12.1. The minimum absolute atomic E-state index is 0.337. The lowest BCUT2D eigenvalue weighted by Gasteiger charge is -2.35. The fourth-order valence-electron chi connectivity index (χ4n) is 3.15. The second-order valence-corrected chi connectivity index (χ2v) is 5.45. The number of anilines is 1. The summed E-state index contributed by atoms with van der Waals surface area (Å²) in [5, 5.41) is 0.790. The van der Waals surface area contributed by atoms with Crippen LogP contribution in [0.5, 0.6) is 0 Å². The molecule has 1 aromatic carbocycles. The monoisotopic (exact) mass is 303 g/mol. The normalized spacial score (nSPS) is 15.9. The van der Waals surface area contributed by atoms with E-state index < -0.39 is 0 Å². The molecule has 1 aliphatic heterocycles. The predicted molar refractivity (Wildman–Crippen MR) is 84.4 cm³/mol. The van der Waals surface area contributed by atoms with Gasteiger partial charge in [-0.1, -0.05) is 0 Å². The third kappa shape index (κ3) is 2.68. The highest BCUT2D eigenvalue weighted by Gasteiger charge is 2.23. The van der Waals surface area contributed by atoms with Crippen molar-refractivity contribution in [2.24, 2.45) is 0 Å². The summed E-state index contributed by atoms with van der Waals surface area (Å²) in [6.07, 6.45) is 3.60. The molecule has 5 nitrogen and oxygen atoms in total. The van der Waals surface area contributed by atoms with E-state index in [-0.39, 0.29) is 5.97 Å². The molecule has 22 heavy (non-hydrogen) atoms. The number of methoxy groups -OCH3 is 1. The summed E-state index contributed by atoms with van der Waals surface area (Å²) < 4.78 is 15.9. The van der Waals surface area contributed by atoms with Crippen molar-refractivity contribution in [3.05, 3.63) is 30.0 Å². The molecular weight excluding hydrogens is 282 g/mol. The number of hydrogen-bond acceptors (Lipinski definition) is 5. The first-order valence-electron chi connectivity index (χ1n) is 7.68. The van der Waals surface area contributed by atoms with Gasteiger partial charge in [-0.2, -0.15) is 0 Å². The Morgan fingerprint density at radius 2 is 2.14 bits per heavy atom. The van der Waals surface area contributed by atoms with Crippen LogP contribution in [0.25, 0.3) is 11.0 Å². The van der Waals surface area contributed by atoms with Crippen LogP contribution in [-0.4, -0.2) is 38.9 Å². The fraction of sp³-hybridized carbons (Fsp3) is 0.471. The molecule has 5 heteroatoms. The fourth-order valence-corrected chi connectivity index (χ4v) is 3.15. The molecular formula is C17H21NO4. The smallest absolute Gasteiger partial charge is 0.338 e. The largest absolute Gasteiger partial charge is 0.465 e. The standard InChI is InChI=1S/C17H21NO4/c1-3-18(12-4-7-21-8-5-12)13-10-15(17(19)20-2)14-6-9-22-16(14)11-13/h6,9-12H,3-5,7-8H2,1-2H3. The number of benzene rings is 1. The van der Waals surface area contributed by atoms with Gasteiger partial charge in [0.05, 0.1) is 18.9 Å². The Labute approximate surface area is 129 Å². The first kappa shape index (κ1) is 14.9. The molecule has 1 aliphatic rings. The summed E-state index contributed by atoms with van der Waals surface area (Å²) in [5.41, 5.74) is 2.26. The average molecular weight is 303 g/mol. The van der Waals surface area contributed by atoms with Crippen LogP contribution in [0.15, 0.2) is 28.9 Å². The number of furan rings is 1. The molecule has 1 aromatic heterocycles. The lowest BCUT2D eigenvalue weighted by molar-refractivity contribution is 0.0602. The van der Waals surface area contributed by atoms with Gasteiger partial charge in [0, 0.05) is 42.9 Å². The van der Waals surface area contributed by atoms with Crippen molar-refractivity contribution in [3.63, 3.8) is 0 Å². The van der Waals surface area contributed by atoms with Crippen LogP contribution in [0.4, 0.5) is 5.69 Å². The lowest BCUT2D eigenvalue weighted by atomic mass is 10.0. The Hall–Kier alpha value is -2.01. The van der Waals surface area contributed by atoms with E-state index in [1.807, 2.05) is 12.1 Å². The number of hydrogen-bond donors (Lipinski definition) is 0. The molecule has 0 aliphatic carbocycles. The molecule has 0 radical (unpaired) electrons. The second-order valence-electron chi connectivity index (χ2n) is 5.45. The average Bonchev–Trinajstić information content (AvgIpc) is 3.03. The highest BCUT2D eigenvalue weighted by Crippen LogP contribution is 2.30. The molecule has 2 heterocycles. The van der Waals surface area contributed by atoms with Crippen LogP contribution < -0.4 is 4.90 Å². The van der Waals surface area contributed by atoms with E-state index in [1.54, 1.807) is 12.3 Å². The predicted octanol–water partition coefficient (Wildman–Crippen LogP) is 3.22. The van der Waals surface area contributed by atoms with Crippen LogP contribution in [-0.2, 0) is 9.47 Å². The van der Waals surface area contributed by atoms with E-state index in [2.05, 4.69) is 11.8 Å². The maximum Gasteiger partial charge on any atom is 0.338 e. The number of ether oxygens (including phenoxy) is 2. The Morgan fingerprint density at radius 3 is 2.82 bits per heavy atom. The van der Waals surface area contributed by atoms with E-state index in [0.717, 1.165) is 43.7 Å². The molecule has 0 bridgehead atoms. The van der Waals surface area contributed by atoms with Crippen LogP contribution in [0.3, 0.4) is 0 Å². The molecule has 0 atom stereocenters. The summed E-state index contributed by atoms with van der Waals surface area (Å²) in [6.45, 7) is 4.57. The Kier molecular flexibility index (Phi) is 4.34. The molecule has 118 valence electrons. The van der Waals surface area contributed by atoms with Crippen molar-refractivity contribution in [1.29, 1.82) is 0 Å². The zero-order chi connectivity index (χ0) is 15.5. The van der Waals surface area contributed by atoms with E-state index in [0.29, 0.717) is 17.2 Å². The van der Waals surface area contributed by atoms with Gasteiger partial charge in [-0.25, -0.2) is 4.79 Å². The first-order chi connectivity index (χ1) is 10.7. The third-order valence-corrected chi connectivity index (χ3v) is 4.27. The van der Waals surface area contributed by atoms with E-state index in [1.165, 1.54) is 7.11 Å². The summed E-state index contributed by atoms with van der Waals surface area (Å²) in [7, 11) is 1.40. The molecule has 0 N–H and O–H groups in total. The van der Waals surface area contributed by atoms with Crippen molar-refractivity contribution < 1.29 is 18.7 Å². The third-order valence-electron chi connectivity index (χ3n) is 4.27. The minimum atomic E-state index is -0.337. The molecule has 0 spiro atoms. The highest BCUT2D eigenvalue weighted by molar-refractivity contribution is 6.04. The number of rotatable bonds is 4. The van der Waals surface area contributed by atoms with Gasteiger partial charge >= 0.3 is 5.97 Å². The van der Waals surface area contributed by atoms with Crippen LogP contribution in [0.2, 0.25) is 0 Å². The Morgan fingerprint density at radius 1 is 1.36 bits per heavy atom. The number of esters is 1. The van der Waals surface area contributed by atoms with Gasteiger partial charge in [0.25, 0.3) is 0 Å². The quantitative estimate of drug-likeness (QED) is 0.812. The van der Waals surface area contributed by atoms with Gasteiger partial charge in [-0.05, 0) is 31.9 Å². The minimum Gasteiger partial charge on any atom is -0.465 e. The number of carbonyl (C=O) groups is 1. The Balaban J connectivity index is 2.03. The van der Waals surface area contributed by atoms with Crippen molar-refractivity contribution in [2.75, 3.05) is 31.8 Å². The summed E-state index contributed by atoms with van der Waals surface area (Å²) in [6, 6.07) is 6.14. The number of fused-ring (bicyclic) bond motifs is 1. The SMILES string of the molecule is CCN(c1cc(C(=O)OC)c2ccoc2c1)C1CCOCC1. The number of carbonyl (C=O) groups excluding carboxylic acids is 1. The molecule has 0 unspecified atom stereocenters. The molecule has 0 amide bonds. The highest BCUT2D eigenvalue weighted by atomic mass is 16.5. The first-order valence-corrected chi connectivity index (χ1v) is 7.68. The van der Waals surface area contributed by atoms with Crippen molar-refractivity contribution in [3.8, 4) is 0 Å². The molecule has 1 saturated heterocycles. The summed E-state index contributed by atoms with van der Waals surface area (Å²) >= 11 is 0. The topological polar surface area (TPSA) is 51.9 Å². The second kappa shape index (κ2) is 6.40. The van der Waals surface area contributed by atoms with Crippen molar-refractivity contribution in [1.82, 2.24) is 0 Å². The van der Waals surface area contributed by atoms with Gasteiger partial charge in [0.1, 0.15) is 5.58 Å². The zero-order valence-corrected chi connectivity index (χ0v) is 13.0. The van der Waals surface area contributed by atoms with Crippen LogP contribution >= 0.6 is 0 Å². The molecule has 3 rings (SSSR count). The summed E-state index contributed by atoms with van der Waals surface area (Å²) in [5.74, 6) is -0.337. The number of nitrogens with zero attached hydrogens (tertiary/aromatic N) is 1. The lowest BCUT2D eigenvalue weighted by Crippen LogP contribution is -2.39. The van der Waals surface area contributed by atoms with Gasteiger partial charge in [-0.15, -0.1) is 0 Å². The van der Waals surface area contributed by atoms with Crippen molar-refractivity contribution >= 4 is 22.6 Å². The summed E-state index contributed by atoms with van der Waals surface area (Å²) in [4.78, 5) is 14.4. The molecule has 0 saturated carbocycles. The van der Waals surface area contributed by atoms with Gasteiger partial charge in [0.15, 0.2) is 0 Å². The van der Waals surface area contributed by atoms with Gasteiger partial charge < -0.3 is 18.8 Å². The van der Waals surface area contributed by atoms with E-state index in [9.17, 15) is 4.79 Å². The van der Waals surface area contributed by atoms with Gasteiger partial charge in [-0.3, -0.25) is 0 Å². The van der Waals surface area contributed by atoms with E-state index in [4.69, 9.17) is 13.9 Å². The van der Waals surface area contributed by atoms with Crippen molar-refractivity contribution in [2.45, 2.75) is 25.8 Å². The van der Waals surface area contributed by atoms with Crippen LogP contribution in [0, 0.1) is 0 Å². The maximum atomic E-state index is 12.1. The molecule has 1 fully saturated rings. The van der Waals surface area contributed by atoms with E-state index >= 15 is 0 Å². The van der Waals surface area contributed by atoms with Crippen LogP contribution in [0.1, 0.15) is 30.1 Å². The Bertz CT molecular complexity index is 658.